The molecule has 0 spiro atoms. The first-order chi connectivity index (χ1) is 14.8. The van der Waals surface area contributed by atoms with Gasteiger partial charge in [-0.25, -0.2) is 4.79 Å². The minimum atomic E-state index is -1.32. The number of primary amides is 1. The number of carboxylic acid groups (broad SMARTS) is 1. The topological polar surface area (TPSA) is 194 Å². The molecule has 0 fully saturated rings. The van der Waals surface area contributed by atoms with Crippen LogP contribution in [0.5, 0.6) is 0 Å². The van der Waals surface area contributed by atoms with Crippen LogP contribution in [0.3, 0.4) is 0 Å². The van der Waals surface area contributed by atoms with E-state index >= 15 is 0 Å². The van der Waals surface area contributed by atoms with Crippen LogP contribution >= 0.6 is 11.8 Å². The Morgan fingerprint density at radius 2 is 1.47 bits per heavy atom. The number of nitrogens with one attached hydrogen (secondary N) is 3. The molecule has 0 rings (SSSR count). The van der Waals surface area contributed by atoms with Crippen molar-refractivity contribution >= 4 is 41.4 Å². The minimum absolute atomic E-state index is 0.140. The van der Waals surface area contributed by atoms with Crippen LogP contribution in [0.1, 0.15) is 47.0 Å². The number of hydrogen-bond donors (Lipinski definition) is 6. The van der Waals surface area contributed by atoms with Crippen LogP contribution in [-0.2, 0) is 24.0 Å². The lowest BCUT2D eigenvalue weighted by atomic mass is 10.0. The summed E-state index contributed by atoms with van der Waals surface area (Å²) in [5, 5.41) is 16.7. The Morgan fingerprint density at radius 1 is 0.906 bits per heavy atom. The van der Waals surface area contributed by atoms with Gasteiger partial charge in [0.1, 0.15) is 18.1 Å². The molecule has 0 aliphatic carbocycles. The van der Waals surface area contributed by atoms with Gasteiger partial charge in [0.25, 0.3) is 0 Å². The molecule has 0 aliphatic heterocycles. The quantitative estimate of drug-likeness (QED) is 0.177. The Hall–Kier alpha value is -2.34. The fourth-order valence-electron chi connectivity index (χ4n) is 2.85. The van der Waals surface area contributed by atoms with Gasteiger partial charge in [0.05, 0.1) is 12.5 Å². The summed E-state index contributed by atoms with van der Waals surface area (Å²) in [7, 11) is 0. The van der Waals surface area contributed by atoms with Crippen molar-refractivity contribution in [2.75, 3.05) is 12.0 Å². The van der Waals surface area contributed by atoms with E-state index in [1.54, 1.807) is 13.8 Å². The van der Waals surface area contributed by atoms with Gasteiger partial charge in [-0.05, 0) is 36.7 Å². The zero-order chi connectivity index (χ0) is 25.0. The zero-order valence-corrected chi connectivity index (χ0v) is 20.2. The molecule has 0 aromatic rings. The van der Waals surface area contributed by atoms with Gasteiger partial charge in [-0.3, -0.25) is 19.2 Å². The number of carbonyl (C=O) groups is 5. The van der Waals surface area contributed by atoms with E-state index in [4.69, 9.17) is 11.5 Å². The van der Waals surface area contributed by atoms with Gasteiger partial charge < -0.3 is 32.5 Å². The van der Waals surface area contributed by atoms with Gasteiger partial charge in [0.15, 0.2) is 0 Å². The third-order valence-corrected chi connectivity index (χ3v) is 5.22. The Morgan fingerprint density at radius 3 is 1.91 bits per heavy atom. The van der Waals surface area contributed by atoms with Crippen LogP contribution in [0.25, 0.3) is 0 Å². The van der Waals surface area contributed by atoms with Crippen molar-refractivity contribution in [2.45, 2.75) is 71.1 Å². The van der Waals surface area contributed by atoms with E-state index in [1.165, 1.54) is 11.8 Å². The summed E-state index contributed by atoms with van der Waals surface area (Å²) in [6.45, 7) is 7.11. The largest absolute Gasteiger partial charge is 0.480 e. The molecule has 12 heteroatoms. The average Bonchev–Trinajstić information content (AvgIpc) is 2.66. The van der Waals surface area contributed by atoms with Crippen molar-refractivity contribution in [3.8, 4) is 0 Å². The number of thioether (sulfide) groups is 1. The second-order valence-electron chi connectivity index (χ2n) is 8.38. The summed E-state index contributed by atoms with van der Waals surface area (Å²) in [4.78, 5) is 60.7. The molecule has 8 N–H and O–H groups in total. The molecular formula is C20H37N5O6S. The first-order valence-electron chi connectivity index (χ1n) is 10.5. The number of carboxylic acids is 1. The maximum absolute atomic E-state index is 12.8. The van der Waals surface area contributed by atoms with Gasteiger partial charge in [-0.1, -0.05) is 27.7 Å². The van der Waals surface area contributed by atoms with Crippen molar-refractivity contribution in [2.24, 2.45) is 23.3 Å². The monoisotopic (exact) mass is 475 g/mol. The molecule has 32 heavy (non-hydrogen) atoms. The van der Waals surface area contributed by atoms with Crippen LogP contribution in [0.2, 0.25) is 0 Å². The van der Waals surface area contributed by atoms with E-state index in [2.05, 4.69) is 16.0 Å². The fourth-order valence-corrected chi connectivity index (χ4v) is 3.32. The Bertz CT molecular complexity index is 673. The summed E-state index contributed by atoms with van der Waals surface area (Å²) < 4.78 is 0. The lowest BCUT2D eigenvalue weighted by molar-refractivity contribution is -0.142. The average molecular weight is 476 g/mol. The minimum Gasteiger partial charge on any atom is -0.480 e. The van der Waals surface area contributed by atoms with Crippen molar-refractivity contribution in [3.05, 3.63) is 0 Å². The van der Waals surface area contributed by atoms with Crippen molar-refractivity contribution in [3.63, 3.8) is 0 Å². The van der Waals surface area contributed by atoms with Gasteiger partial charge in [0, 0.05) is 0 Å². The van der Waals surface area contributed by atoms with E-state index in [0.29, 0.717) is 12.2 Å². The van der Waals surface area contributed by atoms with Crippen LogP contribution in [0.15, 0.2) is 0 Å². The molecule has 0 saturated heterocycles. The molecule has 0 bridgehead atoms. The molecule has 4 atom stereocenters. The lowest BCUT2D eigenvalue weighted by Gasteiger charge is -2.27. The smallest absolute Gasteiger partial charge is 0.326 e. The summed E-state index contributed by atoms with van der Waals surface area (Å²) >= 11 is 1.44. The van der Waals surface area contributed by atoms with Crippen molar-refractivity contribution < 1.29 is 29.1 Å². The second-order valence-corrected chi connectivity index (χ2v) is 9.36. The van der Waals surface area contributed by atoms with Gasteiger partial charge >= 0.3 is 5.97 Å². The second kappa shape index (κ2) is 14.7. The maximum Gasteiger partial charge on any atom is 0.326 e. The van der Waals surface area contributed by atoms with Crippen LogP contribution in [0, 0.1) is 11.8 Å². The number of nitrogens with two attached hydrogens (primary N) is 2. The molecule has 0 aromatic heterocycles. The third kappa shape index (κ3) is 11.3. The van der Waals surface area contributed by atoms with E-state index in [0.717, 1.165) is 0 Å². The maximum atomic E-state index is 12.8. The van der Waals surface area contributed by atoms with Gasteiger partial charge in [0.2, 0.25) is 23.6 Å². The van der Waals surface area contributed by atoms with E-state index in [1.807, 2.05) is 20.1 Å². The molecule has 0 radical (unpaired) electrons. The number of aliphatic carboxylic acids is 1. The predicted molar refractivity (Wildman–Crippen MR) is 123 cm³/mol. The fraction of sp³-hybridized carbons (Fsp3) is 0.750. The summed E-state index contributed by atoms with van der Waals surface area (Å²) in [6.07, 6.45) is 1.93. The highest BCUT2D eigenvalue weighted by Crippen LogP contribution is 2.08. The van der Waals surface area contributed by atoms with Crippen molar-refractivity contribution in [1.82, 2.24) is 16.0 Å². The molecule has 0 aromatic carbocycles. The van der Waals surface area contributed by atoms with Crippen LogP contribution < -0.4 is 27.4 Å². The number of rotatable bonds is 15. The molecule has 184 valence electrons. The van der Waals surface area contributed by atoms with Crippen LogP contribution in [-0.4, -0.2) is 70.9 Å². The van der Waals surface area contributed by atoms with E-state index in [-0.39, 0.29) is 12.3 Å². The number of amides is 4. The summed E-state index contributed by atoms with van der Waals surface area (Å²) in [5.41, 5.74) is 11.0. The standard InChI is InChI=1S/C20H37N5O6S/c1-10(2)8-12(21)17(27)24-14(9-15(22)26)18(28)25-16(11(3)4)19(29)23-13(20(30)31)6-7-32-5/h10-14,16H,6-9,21H2,1-5H3,(H2,22,26)(H,23,29)(H,24,27)(H,25,28)(H,30,31). The van der Waals surface area contributed by atoms with Crippen molar-refractivity contribution in [1.29, 1.82) is 0 Å². The summed E-state index contributed by atoms with van der Waals surface area (Å²) in [6, 6.07) is -4.40. The molecule has 4 unspecified atom stereocenters. The van der Waals surface area contributed by atoms with Gasteiger partial charge in [-0.2, -0.15) is 11.8 Å². The normalized spacial score (nSPS) is 14.9. The SMILES string of the molecule is CSCCC(NC(=O)C(NC(=O)C(CC(N)=O)NC(=O)C(N)CC(C)C)C(C)C)C(=O)O. The molecule has 4 amide bonds. The van der Waals surface area contributed by atoms with Gasteiger partial charge in [-0.15, -0.1) is 0 Å². The van der Waals surface area contributed by atoms with Crippen LogP contribution in [0.4, 0.5) is 0 Å². The Labute approximate surface area is 193 Å². The molecule has 0 heterocycles. The molecular weight excluding hydrogens is 438 g/mol. The molecule has 0 aliphatic rings. The highest BCUT2D eigenvalue weighted by atomic mass is 32.2. The summed E-state index contributed by atoms with van der Waals surface area (Å²) in [5.74, 6) is -3.83. The molecule has 0 saturated carbocycles. The van der Waals surface area contributed by atoms with E-state index < -0.39 is 66.1 Å². The third-order valence-electron chi connectivity index (χ3n) is 4.57. The van der Waals surface area contributed by atoms with E-state index in [9.17, 15) is 29.1 Å². The number of carbonyl (C=O) groups excluding carboxylic acids is 4. The predicted octanol–water partition coefficient (Wildman–Crippen LogP) is -0.817. The highest BCUT2D eigenvalue weighted by molar-refractivity contribution is 7.98. The zero-order valence-electron chi connectivity index (χ0n) is 19.3. The Balaban J connectivity index is 5.39. The highest BCUT2D eigenvalue weighted by Gasteiger charge is 2.32. The number of hydrogen-bond acceptors (Lipinski definition) is 7. The molecule has 11 nitrogen and oxygen atoms in total. The first kappa shape index (κ1) is 29.7. The first-order valence-corrected chi connectivity index (χ1v) is 11.9. The Kier molecular flexibility index (Phi) is 13.6. The lowest BCUT2D eigenvalue weighted by Crippen LogP contribution is -2.59.